The molecule has 0 bridgehead atoms. The molecule has 1 heteroatoms. The third-order valence-electron chi connectivity index (χ3n) is 3.28. The molecule has 0 fully saturated rings. The molecular formula is C15H20O. The van der Waals surface area contributed by atoms with E-state index in [1.807, 2.05) is 6.92 Å². The minimum atomic E-state index is 0.517. The third-order valence-corrected chi connectivity index (χ3v) is 3.28. The zero-order chi connectivity index (χ0) is 11.9. The summed E-state index contributed by atoms with van der Waals surface area (Å²) in [5, 5.41) is 0. The fraction of sp³-hybridized carbons (Fsp3) is 0.467. The van der Waals surface area contributed by atoms with Crippen molar-refractivity contribution in [3.8, 4) is 0 Å². The van der Waals surface area contributed by atoms with Gasteiger partial charge in [0, 0.05) is 5.56 Å². The SMILES string of the molecule is CC1=CCC(C)=C(C(C)C)c2oc(C)cc21. The van der Waals surface area contributed by atoms with E-state index in [0.29, 0.717) is 5.92 Å². The Balaban J connectivity index is 2.67. The Morgan fingerprint density at radius 2 is 1.88 bits per heavy atom. The summed E-state index contributed by atoms with van der Waals surface area (Å²) in [6.07, 6.45) is 3.35. The molecule has 0 amide bonds. The quantitative estimate of drug-likeness (QED) is 0.655. The normalized spacial score (nSPS) is 16.2. The molecule has 0 spiro atoms. The maximum absolute atomic E-state index is 5.90. The van der Waals surface area contributed by atoms with Gasteiger partial charge in [-0.15, -0.1) is 0 Å². The van der Waals surface area contributed by atoms with Crippen molar-refractivity contribution >= 4 is 11.1 Å². The van der Waals surface area contributed by atoms with Crippen LogP contribution in [0.3, 0.4) is 0 Å². The molecule has 1 nitrogen and oxygen atoms in total. The molecule has 86 valence electrons. The monoisotopic (exact) mass is 216 g/mol. The van der Waals surface area contributed by atoms with E-state index in [1.54, 1.807) is 0 Å². The van der Waals surface area contributed by atoms with Crippen LogP contribution in [0.25, 0.3) is 11.1 Å². The Bertz CT molecular complexity index is 470. The Kier molecular flexibility index (Phi) is 2.79. The van der Waals surface area contributed by atoms with E-state index >= 15 is 0 Å². The van der Waals surface area contributed by atoms with E-state index in [4.69, 9.17) is 4.42 Å². The van der Waals surface area contributed by atoms with Crippen LogP contribution in [0.15, 0.2) is 22.1 Å². The van der Waals surface area contributed by atoms with E-state index in [1.165, 1.54) is 22.3 Å². The summed E-state index contributed by atoms with van der Waals surface area (Å²) in [5.74, 6) is 2.62. The van der Waals surface area contributed by atoms with Crippen molar-refractivity contribution < 1.29 is 4.42 Å². The molecule has 0 saturated heterocycles. The molecule has 1 heterocycles. The van der Waals surface area contributed by atoms with Gasteiger partial charge in [0.25, 0.3) is 0 Å². The van der Waals surface area contributed by atoms with Crippen molar-refractivity contribution in [1.29, 1.82) is 0 Å². The molecule has 1 aliphatic rings. The molecule has 1 aromatic heterocycles. The molecular weight excluding hydrogens is 196 g/mol. The second-order valence-corrected chi connectivity index (χ2v) is 5.04. The van der Waals surface area contributed by atoms with Gasteiger partial charge >= 0.3 is 0 Å². The standard InChI is InChI=1S/C15H20O/c1-9(2)14-11(4)7-6-10(3)13-8-12(5)16-15(13)14/h6,8-9H,7H2,1-5H3. The number of furan rings is 1. The van der Waals surface area contributed by atoms with Crippen molar-refractivity contribution in [2.24, 2.45) is 5.92 Å². The number of fused-ring (bicyclic) bond motifs is 1. The Morgan fingerprint density at radius 3 is 2.50 bits per heavy atom. The number of allylic oxidation sites excluding steroid dienone is 4. The van der Waals surface area contributed by atoms with Crippen LogP contribution >= 0.6 is 0 Å². The molecule has 0 aliphatic heterocycles. The largest absolute Gasteiger partial charge is 0.461 e. The first-order valence-corrected chi connectivity index (χ1v) is 5.98. The van der Waals surface area contributed by atoms with Gasteiger partial charge in [0.15, 0.2) is 0 Å². The number of hydrogen-bond acceptors (Lipinski definition) is 1. The zero-order valence-corrected chi connectivity index (χ0v) is 10.8. The molecule has 0 unspecified atom stereocenters. The Labute approximate surface area is 97.9 Å². The molecule has 16 heavy (non-hydrogen) atoms. The van der Waals surface area contributed by atoms with Crippen LogP contribution in [0.2, 0.25) is 0 Å². The average molecular weight is 216 g/mol. The van der Waals surface area contributed by atoms with E-state index in [-0.39, 0.29) is 0 Å². The molecule has 0 N–H and O–H groups in total. The molecule has 1 aliphatic carbocycles. The molecule has 0 atom stereocenters. The average Bonchev–Trinajstić information content (AvgIpc) is 2.51. The first kappa shape index (κ1) is 11.3. The summed E-state index contributed by atoms with van der Waals surface area (Å²) < 4.78 is 5.90. The summed E-state index contributed by atoms with van der Waals surface area (Å²) >= 11 is 0. The maximum Gasteiger partial charge on any atom is 0.137 e. The maximum atomic E-state index is 5.90. The highest BCUT2D eigenvalue weighted by Gasteiger charge is 2.21. The summed E-state index contributed by atoms with van der Waals surface area (Å²) in [4.78, 5) is 0. The summed E-state index contributed by atoms with van der Waals surface area (Å²) in [5.41, 5.74) is 5.43. The number of hydrogen-bond donors (Lipinski definition) is 0. The first-order valence-electron chi connectivity index (χ1n) is 5.98. The van der Waals surface area contributed by atoms with Crippen molar-refractivity contribution in [3.63, 3.8) is 0 Å². The number of aryl methyl sites for hydroxylation is 1. The molecule has 0 radical (unpaired) electrons. The van der Waals surface area contributed by atoms with Gasteiger partial charge in [-0.2, -0.15) is 0 Å². The van der Waals surface area contributed by atoms with Crippen molar-refractivity contribution in [1.82, 2.24) is 0 Å². The van der Waals surface area contributed by atoms with E-state index in [0.717, 1.165) is 17.9 Å². The van der Waals surface area contributed by atoms with Crippen LogP contribution < -0.4 is 0 Å². The smallest absolute Gasteiger partial charge is 0.137 e. The minimum Gasteiger partial charge on any atom is -0.461 e. The van der Waals surface area contributed by atoms with E-state index < -0.39 is 0 Å². The molecule has 1 aromatic rings. The highest BCUT2D eigenvalue weighted by Crippen LogP contribution is 2.38. The van der Waals surface area contributed by atoms with Gasteiger partial charge in [-0.05, 0) is 50.3 Å². The van der Waals surface area contributed by atoms with Gasteiger partial charge in [0.2, 0.25) is 0 Å². The summed E-state index contributed by atoms with van der Waals surface area (Å²) in [7, 11) is 0. The van der Waals surface area contributed by atoms with Crippen LogP contribution in [0.4, 0.5) is 0 Å². The van der Waals surface area contributed by atoms with Crippen molar-refractivity contribution in [2.75, 3.05) is 0 Å². The topological polar surface area (TPSA) is 13.1 Å². The van der Waals surface area contributed by atoms with Crippen LogP contribution in [-0.4, -0.2) is 0 Å². The summed E-state index contributed by atoms with van der Waals surface area (Å²) in [6.45, 7) is 10.9. The molecule has 0 aromatic carbocycles. The second-order valence-electron chi connectivity index (χ2n) is 5.04. The lowest BCUT2D eigenvalue weighted by Crippen LogP contribution is -1.96. The lowest BCUT2D eigenvalue weighted by molar-refractivity contribution is 0.513. The predicted octanol–water partition coefficient (Wildman–Crippen LogP) is 4.82. The molecule has 0 saturated carbocycles. The van der Waals surface area contributed by atoms with E-state index in [9.17, 15) is 0 Å². The van der Waals surface area contributed by atoms with Gasteiger partial charge < -0.3 is 4.42 Å². The van der Waals surface area contributed by atoms with Gasteiger partial charge in [-0.25, -0.2) is 0 Å². The third kappa shape index (κ3) is 1.75. The highest BCUT2D eigenvalue weighted by atomic mass is 16.3. The van der Waals surface area contributed by atoms with Crippen molar-refractivity contribution in [3.05, 3.63) is 34.8 Å². The minimum absolute atomic E-state index is 0.517. The van der Waals surface area contributed by atoms with Gasteiger partial charge in [-0.1, -0.05) is 25.5 Å². The van der Waals surface area contributed by atoms with Gasteiger partial charge in [0.05, 0.1) is 0 Å². The lowest BCUT2D eigenvalue weighted by Gasteiger charge is -2.12. The van der Waals surface area contributed by atoms with E-state index in [2.05, 4.69) is 39.8 Å². The predicted molar refractivity (Wildman–Crippen MR) is 69.1 cm³/mol. The fourth-order valence-electron chi connectivity index (χ4n) is 2.48. The van der Waals surface area contributed by atoms with Gasteiger partial charge in [-0.3, -0.25) is 0 Å². The van der Waals surface area contributed by atoms with Crippen LogP contribution in [0.1, 0.15) is 51.2 Å². The zero-order valence-electron chi connectivity index (χ0n) is 10.8. The van der Waals surface area contributed by atoms with Gasteiger partial charge in [0.1, 0.15) is 11.5 Å². The lowest BCUT2D eigenvalue weighted by atomic mass is 9.93. The van der Waals surface area contributed by atoms with Crippen LogP contribution in [0.5, 0.6) is 0 Å². The Hall–Kier alpha value is -1.24. The second kappa shape index (κ2) is 3.97. The van der Waals surface area contributed by atoms with Crippen LogP contribution in [0, 0.1) is 12.8 Å². The fourth-order valence-corrected chi connectivity index (χ4v) is 2.48. The first-order chi connectivity index (χ1) is 7.50. The van der Waals surface area contributed by atoms with Crippen LogP contribution in [-0.2, 0) is 0 Å². The summed E-state index contributed by atoms with van der Waals surface area (Å²) in [6, 6.07) is 2.15. The van der Waals surface area contributed by atoms with Crippen molar-refractivity contribution in [2.45, 2.75) is 41.0 Å². The number of rotatable bonds is 1. The Morgan fingerprint density at radius 1 is 1.19 bits per heavy atom. The highest BCUT2D eigenvalue weighted by molar-refractivity contribution is 5.80. The molecule has 2 rings (SSSR count).